The average molecular weight is 237 g/mol. The lowest BCUT2D eigenvalue weighted by atomic mass is 10.2. The Labute approximate surface area is 102 Å². The van der Waals surface area contributed by atoms with E-state index >= 15 is 0 Å². The summed E-state index contributed by atoms with van der Waals surface area (Å²) in [6, 6.07) is 7.81. The van der Waals surface area contributed by atoms with E-state index in [0.717, 1.165) is 11.3 Å². The summed E-state index contributed by atoms with van der Waals surface area (Å²) in [5, 5.41) is 11.6. The maximum atomic E-state index is 10.3. The summed E-state index contributed by atoms with van der Waals surface area (Å²) in [5.41, 5.74) is 1.09. The zero-order valence-electron chi connectivity index (χ0n) is 10.3. The number of carboxylic acids is 1. The molecular weight excluding hydrogens is 218 g/mol. The lowest BCUT2D eigenvalue weighted by Crippen LogP contribution is -2.17. The Morgan fingerprint density at radius 2 is 2.24 bits per heavy atom. The van der Waals surface area contributed by atoms with E-state index in [9.17, 15) is 4.79 Å². The second-order valence-electron chi connectivity index (χ2n) is 4.13. The third-order valence-electron chi connectivity index (χ3n) is 2.11. The van der Waals surface area contributed by atoms with Crippen molar-refractivity contribution in [2.75, 3.05) is 6.54 Å². The summed E-state index contributed by atoms with van der Waals surface area (Å²) >= 11 is 0. The quantitative estimate of drug-likeness (QED) is 0.712. The predicted molar refractivity (Wildman–Crippen MR) is 66.2 cm³/mol. The van der Waals surface area contributed by atoms with Crippen LogP contribution in [-0.4, -0.2) is 23.7 Å². The molecule has 4 heteroatoms. The molecule has 0 fully saturated rings. The van der Waals surface area contributed by atoms with Crippen molar-refractivity contribution in [3.05, 3.63) is 29.8 Å². The van der Waals surface area contributed by atoms with Gasteiger partial charge >= 0.3 is 5.97 Å². The molecule has 1 aromatic rings. The first-order chi connectivity index (χ1) is 8.08. The van der Waals surface area contributed by atoms with Gasteiger partial charge in [-0.1, -0.05) is 12.1 Å². The van der Waals surface area contributed by atoms with Gasteiger partial charge in [-0.25, -0.2) is 0 Å². The van der Waals surface area contributed by atoms with Gasteiger partial charge in [0, 0.05) is 13.1 Å². The van der Waals surface area contributed by atoms with Gasteiger partial charge in [-0.15, -0.1) is 0 Å². The number of hydrogen-bond donors (Lipinski definition) is 2. The fourth-order valence-corrected chi connectivity index (χ4v) is 1.43. The molecule has 0 radical (unpaired) electrons. The number of benzene rings is 1. The molecule has 0 bridgehead atoms. The number of carboxylic acid groups (broad SMARTS) is 1. The van der Waals surface area contributed by atoms with E-state index in [-0.39, 0.29) is 12.5 Å². The van der Waals surface area contributed by atoms with E-state index in [0.29, 0.717) is 13.1 Å². The molecule has 0 aliphatic heterocycles. The summed E-state index contributed by atoms with van der Waals surface area (Å²) in [6.45, 7) is 5.10. The van der Waals surface area contributed by atoms with Gasteiger partial charge < -0.3 is 15.2 Å². The second kappa shape index (κ2) is 6.91. The topological polar surface area (TPSA) is 58.6 Å². The fourth-order valence-electron chi connectivity index (χ4n) is 1.43. The normalized spacial score (nSPS) is 10.5. The maximum absolute atomic E-state index is 10.3. The third-order valence-corrected chi connectivity index (χ3v) is 2.11. The Morgan fingerprint density at radius 3 is 2.88 bits per heavy atom. The minimum absolute atomic E-state index is 0.141. The monoisotopic (exact) mass is 237 g/mol. The molecule has 2 N–H and O–H groups in total. The molecular formula is C13H19NO3. The Morgan fingerprint density at radius 1 is 1.47 bits per heavy atom. The van der Waals surface area contributed by atoms with E-state index in [2.05, 4.69) is 5.32 Å². The summed E-state index contributed by atoms with van der Waals surface area (Å²) in [4.78, 5) is 10.3. The molecule has 0 heterocycles. The van der Waals surface area contributed by atoms with Crippen LogP contribution in [0.15, 0.2) is 24.3 Å². The van der Waals surface area contributed by atoms with E-state index in [1.54, 1.807) is 0 Å². The van der Waals surface area contributed by atoms with Gasteiger partial charge in [0.1, 0.15) is 5.75 Å². The number of carbonyl (C=O) groups is 1. The van der Waals surface area contributed by atoms with Crippen molar-refractivity contribution >= 4 is 5.97 Å². The van der Waals surface area contributed by atoms with Crippen LogP contribution in [0, 0.1) is 0 Å². The van der Waals surface area contributed by atoms with Gasteiger partial charge in [0.25, 0.3) is 0 Å². The van der Waals surface area contributed by atoms with E-state index in [1.807, 2.05) is 38.1 Å². The van der Waals surface area contributed by atoms with Gasteiger partial charge in [0.05, 0.1) is 12.5 Å². The zero-order valence-corrected chi connectivity index (χ0v) is 10.3. The Kier molecular flexibility index (Phi) is 5.49. The molecule has 0 saturated carbocycles. The van der Waals surface area contributed by atoms with Crippen LogP contribution in [-0.2, 0) is 11.3 Å². The first kappa shape index (κ1) is 13.5. The SMILES string of the molecule is CC(C)Oc1cccc(CNCCC(=O)O)c1. The molecule has 0 spiro atoms. The Balaban J connectivity index is 2.40. The van der Waals surface area contributed by atoms with Crippen molar-refractivity contribution in [3.8, 4) is 5.75 Å². The molecule has 0 aliphatic carbocycles. The van der Waals surface area contributed by atoms with Crippen LogP contribution >= 0.6 is 0 Å². The van der Waals surface area contributed by atoms with Crippen molar-refractivity contribution in [2.24, 2.45) is 0 Å². The third kappa shape index (κ3) is 5.92. The summed E-state index contributed by atoms with van der Waals surface area (Å²) in [7, 11) is 0. The first-order valence-electron chi connectivity index (χ1n) is 5.76. The zero-order chi connectivity index (χ0) is 12.7. The van der Waals surface area contributed by atoms with Crippen molar-refractivity contribution in [2.45, 2.75) is 32.9 Å². The lowest BCUT2D eigenvalue weighted by Gasteiger charge is -2.11. The highest BCUT2D eigenvalue weighted by Gasteiger charge is 2.00. The number of rotatable bonds is 7. The van der Waals surface area contributed by atoms with Gasteiger partial charge in [-0.2, -0.15) is 0 Å². The summed E-state index contributed by atoms with van der Waals surface area (Å²) in [6.07, 6.45) is 0.299. The number of ether oxygens (including phenoxy) is 1. The van der Waals surface area contributed by atoms with Crippen LogP contribution in [0.25, 0.3) is 0 Å². The van der Waals surface area contributed by atoms with Crippen LogP contribution in [0.3, 0.4) is 0 Å². The molecule has 0 unspecified atom stereocenters. The molecule has 1 aromatic carbocycles. The molecule has 4 nitrogen and oxygen atoms in total. The summed E-state index contributed by atoms with van der Waals surface area (Å²) < 4.78 is 5.58. The predicted octanol–water partition coefficient (Wildman–Crippen LogP) is 2.04. The van der Waals surface area contributed by atoms with Crippen molar-refractivity contribution in [1.82, 2.24) is 5.32 Å². The van der Waals surface area contributed by atoms with Crippen molar-refractivity contribution in [3.63, 3.8) is 0 Å². The van der Waals surface area contributed by atoms with E-state index in [1.165, 1.54) is 0 Å². The lowest BCUT2D eigenvalue weighted by molar-refractivity contribution is -0.136. The maximum Gasteiger partial charge on any atom is 0.304 e. The molecule has 94 valence electrons. The standard InChI is InChI=1S/C13H19NO3/c1-10(2)17-12-5-3-4-11(8-12)9-14-7-6-13(15)16/h3-5,8,10,14H,6-7,9H2,1-2H3,(H,15,16). The smallest absolute Gasteiger partial charge is 0.304 e. The van der Waals surface area contributed by atoms with Gasteiger partial charge in [0.15, 0.2) is 0 Å². The Bertz CT molecular complexity index is 363. The molecule has 1 rings (SSSR count). The van der Waals surface area contributed by atoms with E-state index in [4.69, 9.17) is 9.84 Å². The van der Waals surface area contributed by atoms with Crippen molar-refractivity contribution in [1.29, 1.82) is 0 Å². The average Bonchev–Trinajstić information content (AvgIpc) is 2.24. The molecule has 0 atom stereocenters. The second-order valence-corrected chi connectivity index (χ2v) is 4.13. The van der Waals surface area contributed by atoms with E-state index < -0.39 is 5.97 Å². The van der Waals surface area contributed by atoms with Crippen molar-refractivity contribution < 1.29 is 14.6 Å². The Hall–Kier alpha value is -1.55. The first-order valence-corrected chi connectivity index (χ1v) is 5.76. The fraction of sp³-hybridized carbons (Fsp3) is 0.462. The van der Waals surface area contributed by atoms with Gasteiger partial charge in [0.2, 0.25) is 0 Å². The molecule has 17 heavy (non-hydrogen) atoms. The van der Waals surface area contributed by atoms with Crippen LogP contribution in [0.2, 0.25) is 0 Å². The van der Waals surface area contributed by atoms with Crippen LogP contribution in [0.4, 0.5) is 0 Å². The van der Waals surface area contributed by atoms with Crippen LogP contribution in [0.5, 0.6) is 5.75 Å². The minimum Gasteiger partial charge on any atom is -0.491 e. The van der Waals surface area contributed by atoms with Crippen LogP contribution < -0.4 is 10.1 Å². The van der Waals surface area contributed by atoms with Gasteiger partial charge in [-0.3, -0.25) is 4.79 Å². The van der Waals surface area contributed by atoms with Crippen LogP contribution in [0.1, 0.15) is 25.8 Å². The number of nitrogens with one attached hydrogen (secondary N) is 1. The van der Waals surface area contributed by atoms with Gasteiger partial charge in [-0.05, 0) is 31.5 Å². The molecule has 0 saturated heterocycles. The highest BCUT2D eigenvalue weighted by Crippen LogP contribution is 2.14. The largest absolute Gasteiger partial charge is 0.491 e. The molecule has 0 aliphatic rings. The summed E-state index contributed by atoms with van der Waals surface area (Å²) in [5.74, 6) is 0.0620. The molecule has 0 amide bonds. The highest BCUT2D eigenvalue weighted by atomic mass is 16.5. The molecule has 0 aromatic heterocycles. The number of hydrogen-bond acceptors (Lipinski definition) is 3. The minimum atomic E-state index is -0.783. The number of aliphatic carboxylic acids is 1. The highest BCUT2D eigenvalue weighted by molar-refractivity contribution is 5.66.